The molecular formula is C27H16F14N2O4. The summed E-state index contributed by atoms with van der Waals surface area (Å²) in [6.07, 6.45) is -18.5. The Morgan fingerprint density at radius 3 is 1.96 bits per heavy atom. The number of carbonyl (C=O) groups is 2. The number of nitrogens with one attached hydrogen (secondary N) is 1. The molecule has 3 aromatic carbocycles. The molecule has 6 nitrogen and oxygen atoms in total. The lowest BCUT2D eigenvalue weighted by Gasteiger charge is -2.31. The normalized spacial score (nSPS) is 12.7. The van der Waals surface area contributed by atoms with Crippen LogP contribution in [0.3, 0.4) is 0 Å². The molecule has 0 unspecified atom stereocenters. The molecule has 47 heavy (non-hydrogen) atoms. The minimum Gasteiger partial charge on any atom is -0.506 e. The molecule has 0 atom stereocenters. The van der Waals surface area contributed by atoms with Crippen LogP contribution in [0.2, 0.25) is 0 Å². The van der Waals surface area contributed by atoms with Crippen molar-refractivity contribution in [3.05, 3.63) is 82.4 Å². The van der Waals surface area contributed by atoms with Crippen LogP contribution in [0.5, 0.6) is 11.5 Å². The maximum Gasteiger partial charge on any atom is 0.435 e. The van der Waals surface area contributed by atoms with Gasteiger partial charge in [-0.2, -0.15) is 48.3 Å². The molecule has 0 saturated heterocycles. The molecular weight excluding hydrogens is 682 g/mol. The molecule has 0 saturated carbocycles. The average molecular weight is 698 g/mol. The number of hydrogen-bond donors (Lipinski definition) is 2. The number of amides is 2. The SMILES string of the molecule is CCN(C(=O)c1cc(C(F)(F)F)ccc1F)c1cccc(C(=O)Nc2c(O)cc(C(F)(C(F)(F)F)C(F)(F)F)cc2OC(F)F)c1F. The number of carbonyl (C=O) groups excluding carboxylic acids is 2. The van der Waals surface area contributed by atoms with Crippen LogP contribution in [-0.4, -0.2) is 42.4 Å². The number of aromatic hydroxyl groups is 1. The maximum atomic E-state index is 15.6. The summed E-state index contributed by atoms with van der Waals surface area (Å²) in [5.74, 6) is -10.2. The molecule has 0 aliphatic carbocycles. The van der Waals surface area contributed by atoms with E-state index in [4.69, 9.17) is 0 Å². The highest BCUT2D eigenvalue weighted by Crippen LogP contribution is 2.55. The molecule has 0 aromatic heterocycles. The zero-order valence-electron chi connectivity index (χ0n) is 22.8. The summed E-state index contributed by atoms with van der Waals surface area (Å²) in [5.41, 5.74) is -14.9. The Balaban J connectivity index is 2.09. The van der Waals surface area contributed by atoms with E-state index in [-0.39, 0.29) is 6.07 Å². The zero-order chi connectivity index (χ0) is 35.9. The number of halogens is 14. The van der Waals surface area contributed by atoms with Crippen molar-refractivity contribution >= 4 is 23.2 Å². The fourth-order valence-corrected chi connectivity index (χ4v) is 4.12. The van der Waals surface area contributed by atoms with Gasteiger partial charge in [-0.1, -0.05) is 6.07 Å². The second kappa shape index (κ2) is 12.8. The number of anilines is 2. The first-order valence-corrected chi connectivity index (χ1v) is 12.4. The second-order valence-corrected chi connectivity index (χ2v) is 9.24. The molecule has 0 heterocycles. The summed E-state index contributed by atoms with van der Waals surface area (Å²) >= 11 is 0. The first kappa shape index (κ1) is 36.7. The molecule has 256 valence electrons. The molecule has 0 bridgehead atoms. The topological polar surface area (TPSA) is 78.9 Å². The Kier molecular flexibility index (Phi) is 9.98. The van der Waals surface area contributed by atoms with Crippen LogP contribution in [0, 0.1) is 11.6 Å². The fourth-order valence-electron chi connectivity index (χ4n) is 4.12. The van der Waals surface area contributed by atoms with Crippen molar-refractivity contribution in [2.45, 2.75) is 37.7 Å². The third kappa shape index (κ3) is 7.14. The maximum absolute atomic E-state index is 15.6. The first-order chi connectivity index (χ1) is 21.4. The van der Waals surface area contributed by atoms with Gasteiger partial charge in [-0.25, -0.2) is 13.2 Å². The lowest BCUT2D eigenvalue weighted by molar-refractivity contribution is -0.348. The number of benzene rings is 3. The number of nitrogens with zero attached hydrogens (tertiary/aromatic N) is 1. The molecule has 3 aromatic rings. The van der Waals surface area contributed by atoms with Crippen LogP contribution in [0.15, 0.2) is 48.5 Å². The Bertz CT molecular complexity index is 1650. The van der Waals surface area contributed by atoms with Gasteiger partial charge in [0.25, 0.3) is 11.8 Å². The van der Waals surface area contributed by atoms with E-state index >= 15 is 4.39 Å². The molecule has 0 fully saturated rings. The van der Waals surface area contributed by atoms with Crippen LogP contribution in [0.1, 0.15) is 38.8 Å². The van der Waals surface area contributed by atoms with E-state index in [2.05, 4.69) is 4.74 Å². The lowest BCUT2D eigenvalue weighted by atomic mass is 9.93. The van der Waals surface area contributed by atoms with Crippen molar-refractivity contribution < 1.29 is 80.9 Å². The predicted octanol–water partition coefficient (Wildman–Crippen LogP) is 8.50. The number of phenolic OH excluding ortho intramolecular Hbond substituents is 1. The molecule has 2 amide bonds. The van der Waals surface area contributed by atoms with Crippen molar-refractivity contribution in [1.82, 2.24) is 0 Å². The third-order valence-corrected chi connectivity index (χ3v) is 6.31. The van der Waals surface area contributed by atoms with Gasteiger partial charge in [0.2, 0.25) is 0 Å². The van der Waals surface area contributed by atoms with Crippen LogP contribution >= 0.6 is 0 Å². The van der Waals surface area contributed by atoms with Gasteiger partial charge in [0.15, 0.2) is 11.6 Å². The van der Waals surface area contributed by atoms with E-state index in [1.54, 1.807) is 0 Å². The van der Waals surface area contributed by atoms with E-state index in [1.807, 2.05) is 0 Å². The fraction of sp³-hybridized carbons (Fsp3) is 0.259. The largest absolute Gasteiger partial charge is 0.506 e. The molecule has 0 aliphatic heterocycles. The lowest BCUT2D eigenvalue weighted by Crippen LogP contribution is -2.50. The smallest absolute Gasteiger partial charge is 0.435 e. The quantitative estimate of drug-likeness (QED) is 0.183. The van der Waals surface area contributed by atoms with Gasteiger partial charge >= 0.3 is 30.8 Å². The zero-order valence-corrected chi connectivity index (χ0v) is 22.8. The standard InChI is InChI=1S/C27H16F14N2O4/c1-2-43(22(46)14-8-11(25(33,34)35)6-7-15(14)28)16-5-3-4-13(19(16)29)21(45)42-20-17(44)9-12(10-18(20)47-23(30)31)24(32,26(36,37)38)27(39,40)41/h3-10,23,44H,2H2,1H3,(H,42,45). The van der Waals surface area contributed by atoms with Crippen LogP contribution in [0.4, 0.5) is 72.8 Å². The summed E-state index contributed by atoms with van der Waals surface area (Å²) in [6.45, 7) is -3.45. The minimum absolute atomic E-state index is 0.134. The van der Waals surface area contributed by atoms with Crippen molar-refractivity contribution in [3.8, 4) is 11.5 Å². The van der Waals surface area contributed by atoms with Crippen molar-refractivity contribution in [2.24, 2.45) is 0 Å². The average Bonchev–Trinajstić information content (AvgIpc) is 2.93. The van der Waals surface area contributed by atoms with E-state index in [0.717, 1.165) is 19.1 Å². The monoisotopic (exact) mass is 698 g/mol. The Morgan fingerprint density at radius 1 is 0.851 bits per heavy atom. The van der Waals surface area contributed by atoms with Gasteiger partial charge in [0.05, 0.1) is 22.4 Å². The van der Waals surface area contributed by atoms with Gasteiger partial charge in [-0.3, -0.25) is 9.59 Å². The predicted molar refractivity (Wildman–Crippen MR) is 133 cm³/mol. The number of phenols is 1. The summed E-state index contributed by atoms with van der Waals surface area (Å²) in [7, 11) is 0. The van der Waals surface area contributed by atoms with Gasteiger partial charge in [-0.15, -0.1) is 0 Å². The van der Waals surface area contributed by atoms with Crippen LogP contribution in [-0.2, 0) is 11.8 Å². The molecule has 3 rings (SSSR count). The van der Waals surface area contributed by atoms with E-state index < -0.39 is 118 Å². The van der Waals surface area contributed by atoms with Gasteiger partial charge in [0, 0.05) is 12.1 Å². The van der Waals surface area contributed by atoms with Crippen molar-refractivity contribution in [1.29, 1.82) is 0 Å². The van der Waals surface area contributed by atoms with Gasteiger partial charge < -0.3 is 20.1 Å². The van der Waals surface area contributed by atoms with Gasteiger partial charge in [-0.05, 0) is 49.4 Å². The van der Waals surface area contributed by atoms with Crippen molar-refractivity contribution in [2.75, 3.05) is 16.8 Å². The summed E-state index contributed by atoms with van der Waals surface area (Å²) < 4.78 is 193. The highest BCUT2D eigenvalue weighted by Gasteiger charge is 2.73. The number of rotatable bonds is 8. The highest BCUT2D eigenvalue weighted by atomic mass is 19.4. The van der Waals surface area contributed by atoms with E-state index in [0.29, 0.717) is 23.1 Å². The Morgan fingerprint density at radius 2 is 1.45 bits per heavy atom. The highest BCUT2D eigenvalue weighted by molar-refractivity contribution is 6.09. The summed E-state index contributed by atoms with van der Waals surface area (Å²) in [4.78, 5) is 26.3. The van der Waals surface area contributed by atoms with Crippen LogP contribution < -0.4 is 15.0 Å². The molecule has 0 aliphatic rings. The molecule has 0 spiro atoms. The molecule has 0 radical (unpaired) electrons. The van der Waals surface area contributed by atoms with Gasteiger partial charge in [0.1, 0.15) is 17.3 Å². The molecule has 20 heteroatoms. The number of hydrogen-bond acceptors (Lipinski definition) is 4. The Hall–Kier alpha value is -4.78. The second-order valence-electron chi connectivity index (χ2n) is 9.24. The number of alkyl halides is 12. The van der Waals surface area contributed by atoms with Crippen LogP contribution in [0.25, 0.3) is 0 Å². The summed E-state index contributed by atoms with van der Waals surface area (Å²) in [6, 6.07) is 2.00. The minimum atomic E-state index is -6.76. The van der Waals surface area contributed by atoms with E-state index in [9.17, 15) is 71.8 Å². The molecule has 2 N–H and O–H groups in total. The third-order valence-electron chi connectivity index (χ3n) is 6.31. The summed E-state index contributed by atoms with van der Waals surface area (Å²) in [5, 5.41) is 11.6. The number of ether oxygens (including phenoxy) is 1. The first-order valence-electron chi connectivity index (χ1n) is 12.4. The van der Waals surface area contributed by atoms with E-state index in [1.165, 1.54) is 5.32 Å². The Labute approximate surface area is 253 Å². The van der Waals surface area contributed by atoms with Crippen molar-refractivity contribution in [3.63, 3.8) is 0 Å².